The molecule has 1 fully saturated rings. The van der Waals surface area contributed by atoms with E-state index in [0.29, 0.717) is 23.4 Å². The summed E-state index contributed by atoms with van der Waals surface area (Å²) in [5, 5.41) is 4.39. The highest BCUT2D eigenvalue weighted by Crippen LogP contribution is 2.33. The third-order valence-corrected chi connectivity index (χ3v) is 4.92. The van der Waals surface area contributed by atoms with E-state index in [0.717, 1.165) is 24.2 Å². The van der Waals surface area contributed by atoms with Crippen molar-refractivity contribution in [2.45, 2.75) is 25.8 Å². The van der Waals surface area contributed by atoms with Crippen molar-refractivity contribution in [1.82, 2.24) is 34.4 Å². The summed E-state index contributed by atoms with van der Waals surface area (Å²) in [6, 6.07) is 1.68. The molecule has 0 aromatic carbocycles. The van der Waals surface area contributed by atoms with Gasteiger partial charge in [-0.15, -0.1) is 0 Å². The zero-order valence-corrected chi connectivity index (χ0v) is 16.0. The van der Waals surface area contributed by atoms with Gasteiger partial charge in [-0.2, -0.15) is 5.10 Å². The van der Waals surface area contributed by atoms with Crippen LogP contribution in [0.2, 0.25) is 0 Å². The average Bonchev–Trinajstić information content (AvgIpc) is 3.34. The summed E-state index contributed by atoms with van der Waals surface area (Å²) in [4.78, 5) is 41.4. The third-order valence-electron chi connectivity index (χ3n) is 4.92. The lowest BCUT2D eigenvalue weighted by atomic mass is 10.1. The van der Waals surface area contributed by atoms with Crippen molar-refractivity contribution in [3.63, 3.8) is 0 Å². The van der Waals surface area contributed by atoms with Gasteiger partial charge in [0.15, 0.2) is 5.65 Å². The molecule has 0 aliphatic carbocycles. The first kappa shape index (κ1) is 18.0. The lowest BCUT2D eigenvalue weighted by molar-refractivity contribution is 0.0724. The summed E-state index contributed by atoms with van der Waals surface area (Å²) in [7, 11) is 3.38. The number of likely N-dealkylation sites (tertiary alicyclic amines) is 1. The standard InChI is InChI=1S/C19H21N7O2/c1-12-9-22-14(11-21-12)19(28)25-8-4-5-15(25)16-6-7-20-17-13(10-23-26(16)17)18(27)24(2)3/h6-7,9-11,15H,4-5,8H2,1-3H3/t15-/m1/s1. The molecule has 0 spiro atoms. The number of fused-ring (bicyclic) bond motifs is 1. The van der Waals surface area contributed by atoms with Crippen molar-refractivity contribution in [2.75, 3.05) is 20.6 Å². The van der Waals surface area contributed by atoms with E-state index < -0.39 is 0 Å². The zero-order valence-electron chi connectivity index (χ0n) is 16.0. The van der Waals surface area contributed by atoms with E-state index in [4.69, 9.17) is 0 Å². The molecule has 28 heavy (non-hydrogen) atoms. The first-order valence-corrected chi connectivity index (χ1v) is 9.11. The van der Waals surface area contributed by atoms with Crippen LogP contribution in [-0.4, -0.2) is 66.8 Å². The van der Waals surface area contributed by atoms with Crippen LogP contribution in [0.25, 0.3) is 5.65 Å². The van der Waals surface area contributed by atoms with E-state index in [-0.39, 0.29) is 17.9 Å². The van der Waals surface area contributed by atoms with Gasteiger partial charge in [0, 0.05) is 33.0 Å². The third kappa shape index (κ3) is 2.98. The van der Waals surface area contributed by atoms with Crippen LogP contribution in [0.4, 0.5) is 0 Å². The predicted octanol–water partition coefficient (Wildman–Crippen LogP) is 1.51. The number of amides is 2. The fraction of sp³-hybridized carbons (Fsp3) is 0.368. The lowest BCUT2D eigenvalue weighted by Crippen LogP contribution is -2.32. The fourth-order valence-corrected chi connectivity index (χ4v) is 3.52. The topological polar surface area (TPSA) is 96.6 Å². The predicted molar refractivity (Wildman–Crippen MR) is 101 cm³/mol. The number of aromatic nitrogens is 5. The lowest BCUT2D eigenvalue weighted by Gasteiger charge is -2.24. The molecule has 0 bridgehead atoms. The molecule has 4 heterocycles. The maximum atomic E-state index is 13.0. The van der Waals surface area contributed by atoms with Crippen LogP contribution >= 0.6 is 0 Å². The second kappa shape index (κ2) is 6.99. The van der Waals surface area contributed by atoms with Crippen LogP contribution in [0, 0.1) is 6.92 Å². The molecule has 1 aliphatic heterocycles. The Morgan fingerprint density at radius 3 is 2.68 bits per heavy atom. The van der Waals surface area contributed by atoms with Crippen LogP contribution in [0.5, 0.6) is 0 Å². The quantitative estimate of drug-likeness (QED) is 0.684. The van der Waals surface area contributed by atoms with Gasteiger partial charge < -0.3 is 9.80 Å². The van der Waals surface area contributed by atoms with E-state index in [1.807, 2.05) is 13.0 Å². The van der Waals surface area contributed by atoms with Gasteiger partial charge in [-0.1, -0.05) is 0 Å². The number of carbonyl (C=O) groups excluding carboxylic acids is 2. The largest absolute Gasteiger partial charge is 0.345 e. The highest BCUT2D eigenvalue weighted by atomic mass is 16.2. The first-order chi connectivity index (χ1) is 13.5. The number of nitrogens with zero attached hydrogens (tertiary/aromatic N) is 7. The smallest absolute Gasteiger partial charge is 0.274 e. The van der Waals surface area contributed by atoms with Crippen LogP contribution < -0.4 is 0 Å². The number of rotatable bonds is 3. The van der Waals surface area contributed by atoms with Crippen molar-refractivity contribution in [3.8, 4) is 0 Å². The summed E-state index contributed by atoms with van der Waals surface area (Å²) in [6.07, 6.45) is 7.98. The molecule has 0 radical (unpaired) electrons. The maximum Gasteiger partial charge on any atom is 0.274 e. The van der Waals surface area contributed by atoms with Gasteiger partial charge in [-0.05, 0) is 25.8 Å². The van der Waals surface area contributed by atoms with Gasteiger partial charge in [0.2, 0.25) is 0 Å². The van der Waals surface area contributed by atoms with E-state index in [1.165, 1.54) is 17.3 Å². The molecular weight excluding hydrogens is 358 g/mol. The van der Waals surface area contributed by atoms with Gasteiger partial charge in [0.25, 0.3) is 11.8 Å². The first-order valence-electron chi connectivity index (χ1n) is 9.11. The highest BCUT2D eigenvalue weighted by molar-refractivity contribution is 5.99. The van der Waals surface area contributed by atoms with Gasteiger partial charge in [-0.25, -0.2) is 14.5 Å². The van der Waals surface area contributed by atoms with E-state index in [2.05, 4.69) is 20.1 Å². The Morgan fingerprint density at radius 2 is 1.96 bits per heavy atom. The molecule has 3 aromatic rings. The molecule has 1 aliphatic rings. The molecule has 0 unspecified atom stereocenters. The Kier molecular flexibility index (Phi) is 4.50. The molecule has 2 amide bonds. The monoisotopic (exact) mass is 379 g/mol. The average molecular weight is 379 g/mol. The Morgan fingerprint density at radius 1 is 1.14 bits per heavy atom. The second-order valence-electron chi connectivity index (χ2n) is 7.06. The number of aryl methyl sites for hydroxylation is 1. The van der Waals surface area contributed by atoms with Crippen molar-refractivity contribution in [2.24, 2.45) is 0 Å². The molecule has 0 N–H and O–H groups in total. The Labute approximate surface area is 162 Å². The van der Waals surface area contributed by atoms with Crippen molar-refractivity contribution in [3.05, 3.63) is 53.5 Å². The van der Waals surface area contributed by atoms with E-state index in [9.17, 15) is 9.59 Å². The molecule has 9 nitrogen and oxygen atoms in total. The fourth-order valence-electron chi connectivity index (χ4n) is 3.52. The summed E-state index contributed by atoms with van der Waals surface area (Å²) >= 11 is 0. The molecule has 1 atom stereocenters. The van der Waals surface area contributed by atoms with Crippen LogP contribution in [0.1, 0.15) is 51.1 Å². The van der Waals surface area contributed by atoms with Gasteiger partial charge in [-0.3, -0.25) is 14.6 Å². The number of hydrogen-bond donors (Lipinski definition) is 0. The van der Waals surface area contributed by atoms with Crippen LogP contribution in [0.15, 0.2) is 30.9 Å². The van der Waals surface area contributed by atoms with Gasteiger partial charge in [0.05, 0.1) is 29.8 Å². The second-order valence-corrected chi connectivity index (χ2v) is 7.06. The Bertz CT molecular complexity index is 1040. The summed E-state index contributed by atoms with van der Waals surface area (Å²) in [6.45, 7) is 2.46. The molecule has 4 rings (SSSR count). The number of carbonyl (C=O) groups is 2. The minimum atomic E-state index is -0.164. The van der Waals surface area contributed by atoms with Gasteiger partial charge in [0.1, 0.15) is 11.3 Å². The number of hydrogen-bond acceptors (Lipinski definition) is 6. The Hall–Kier alpha value is -3.36. The van der Waals surface area contributed by atoms with Crippen LogP contribution in [0.3, 0.4) is 0 Å². The van der Waals surface area contributed by atoms with E-state index in [1.54, 1.807) is 35.9 Å². The summed E-state index contributed by atoms with van der Waals surface area (Å²) in [5.74, 6) is -0.314. The normalized spacial score (nSPS) is 16.5. The Balaban J connectivity index is 1.71. The SMILES string of the molecule is Cc1cnc(C(=O)N2CCC[C@@H]2c2ccnc3c(C(=O)N(C)C)cnn23)cn1. The zero-order chi connectivity index (χ0) is 19.8. The molecule has 3 aromatic heterocycles. The highest BCUT2D eigenvalue weighted by Gasteiger charge is 2.33. The van der Waals surface area contributed by atoms with Crippen molar-refractivity contribution in [1.29, 1.82) is 0 Å². The van der Waals surface area contributed by atoms with Crippen molar-refractivity contribution < 1.29 is 9.59 Å². The van der Waals surface area contributed by atoms with E-state index >= 15 is 0 Å². The minimum absolute atomic E-state index is 0.156. The molecule has 9 heteroatoms. The maximum absolute atomic E-state index is 13.0. The van der Waals surface area contributed by atoms with Crippen LogP contribution in [-0.2, 0) is 0 Å². The van der Waals surface area contributed by atoms with Crippen molar-refractivity contribution >= 4 is 17.5 Å². The molecule has 1 saturated heterocycles. The summed E-state index contributed by atoms with van der Waals surface area (Å²) < 4.78 is 1.66. The summed E-state index contributed by atoms with van der Waals surface area (Å²) in [5.41, 5.74) is 2.85. The molecule has 144 valence electrons. The molecular formula is C19H21N7O2. The molecule has 0 saturated carbocycles. The van der Waals surface area contributed by atoms with Gasteiger partial charge >= 0.3 is 0 Å². The minimum Gasteiger partial charge on any atom is -0.345 e.